The van der Waals surface area contributed by atoms with Gasteiger partial charge in [0.15, 0.2) is 0 Å². The molecule has 0 saturated carbocycles. The van der Waals surface area contributed by atoms with Crippen LogP contribution in [0.5, 0.6) is 0 Å². The SMILES string of the molecule is O=C(NO)c1cc(F)c2c(c1)CCN(S(=O)(=O)c1cccc(-c3ccc(F)cc3)c1)CC2. The number of hydrogen-bond acceptors (Lipinski definition) is 4. The predicted molar refractivity (Wildman–Crippen MR) is 114 cm³/mol. The van der Waals surface area contributed by atoms with E-state index in [9.17, 15) is 22.0 Å². The normalized spacial score (nSPS) is 14.5. The van der Waals surface area contributed by atoms with Crippen LogP contribution in [0.1, 0.15) is 21.5 Å². The first-order chi connectivity index (χ1) is 15.3. The van der Waals surface area contributed by atoms with Gasteiger partial charge in [0.25, 0.3) is 5.91 Å². The van der Waals surface area contributed by atoms with Gasteiger partial charge in [-0.1, -0.05) is 24.3 Å². The molecule has 1 aliphatic rings. The Hall–Kier alpha value is -3.14. The van der Waals surface area contributed by atoms with Crippen molar-refractivity contribution in [3.63, 3.8) is 0 Å². The number of sulfonamides is 1. The second-order valence-corrected chi connectivity index (χ2v) is 9.41. The zero-order chi connectivity index (χ0) is 22.9. The van der Waals surface area contributed by atoms with Crippen molar-refractivity contribution in [3.05, 3.63) is 89.0 Å². The Kier molecular flexibility index (Phi) is 6.05. The van der Waals surface area contributed by atoms with E-state index >= 15 is 0 Å². The van der Waals surface area contributed by atoms with Crippen molar-refractivity contribution in [2.45, 2.75) is 17.7 Å². The molecule has 0 saturated heterocycles. The third-order valence-electron chi connectivity index (χ3n) is 5.54. The monoisotopic (exact) mass is 458 g/mol. The Labute approximate surface area is 184 Å². The van der Waals surface area contributed by atoms with Crippen LogP contribution in [0.15, 0.2) is 65.6 Å². The van der Waals surface area contributed by atoms with Crippen LogP contribution >= 0.6 is 0 Å². The number of benzene rings is 3. The van der Waals surface area contributed by atoms with E-state index in [4.69, 9.17) is 5.21 Å². The lowest BCUT2D eigenvalue weighted by molar-refractivity contribution is 0.0705. The van der Waals surface area contributed by atoms with Gasteiger partial charge in [0.05, 0.1) is 4.90 Å². The highest BCUT2D eigenvalue weighted by molar-refractivity contribution is 7.89. The van der Waals surface area contributed by atoms with E-state index in [0.717, 1.165) is 6.07 Å². The fraction of sp³-hybridized carbons (Fsp3) is 0.174. The molecule has 0 fully saturated rings. The molecule has 0 aliphatic carbocycles. The Morgan fingerprint density at radius 3 is 2.38 bits per heavy atom. The summed E-state index contributed by atoms with van der Waals surface area (Å²) in [6, 6.07) is 14.7. The minimum atomic E-state index is -3.87. The Morgan fingerprint density at radius 2 is 1.66 bits per heavy atom. The molecule has 0 aromatic heterocycles. The highest BCUT2D eigenvalue weighted by atomic mass is 32.2. The molecule has 4 rings (SSSR count). The number of amides is 1. The molecular formula is C23H20F2N2O4S. The second kappa shape index (κ2) is 8.78. The van der Waals surface area contributed by atoms with E-state index in [1.807, 2.05) is 0 Å². The third kappa shape index (κ3) is 4.27. The van der Waals surface area contributed by atoms with Crippen LogP contribution in [0.25, 0.3) is 11.1 Å². The average molecular weight is 458 g/mol. The maximum Gasteiger partial charge on any atom is 0.274 e. The van der Waals surface area contributed by atoms with E-state index in [2.05, 4.69) is 0 Å². The Balaban J connectivity index is 1.61. The summed E-state index contributed by atoms with van der Waals surface area (Å²) in [7, 11) is -3.87. The maximum atomic E-state index is 14.6. The van der Waals surface area contributed by atoms with E-state index in [-0.39, 0.29) is 42.2 Å². The van der Waals surface area contributed by atoms with E-state index in [1.54, 1.807) is 24.3 Å². The van der Waals surface area contributed by atoms with Crippen molar-refractivity contribution in [3.8, 4) is 11.1 Å². The second-order valence-electron chi connectivity index (χ2n) is 7.48. The first-order valence-electron chi connectivity index (χ1n) is 9.91. The Bertz CT molecular complexity index is 1280. The van der Waals surface area contributed by atoms with Crippen LogP contribution in [0, 0.1) is 11.6 Å². The van der Waals surface area contributed by atoms with Gasteiger partial charge in [-0.25, -0.2) is 22.7 Å². The number of carbonyl (C=O) groups excluding carboxylic acids is 1. The molecule has 2 N–H and O–H groups in total. The van der Waals surface area contributed by atoms with Crippen molar-refractivity contribution in [2.24, 2.45) is 0 Å². The topological polar surface area (TPSA) is 86.7 Å². The molecule has 0 bridgehead atoms. The number of carbonyl (C=O) groups is 1. The fourth-order valence-corrected chi connectivity index (χ4v) is 5.34. The van der Waals surface area contributed by atoms with Gasteiger partial charge in [0.1, 0.15) is 11.6 Å². The van der Waals surface area contributed by atoms with Gasteiger partial charge in [0.2, 0.25) is 10.0 Å². The van der Waals surface area contributed by atoms with Crippen molar-refractivity contribution in [1.82, 2.24) is 9.79 Å². The number of rotatable bonds is 4. The van der Waals surface area contributed by atoms with Crippen LogP contribution in [0.4, 0.5) is 8.78 Å². The predicted octanol–water partition coefficient (Wildman–Crippen LogP) is 3.54. The molecule has 0 atom stereocenters. The van der Waals surface area contributed by atoms with Crippen LogP contribution < -0.4 is 5.48 Å². The van der Waals surface area contributed by atoms with E-state index in [1.165, 1.54) is 40.1 Å². The summed E-state index contributed by atoms with van der Waals surface area (Å²) in [5.74, 6) is -1.83. The van der Waals surface area contributed by atoms with Gasteiger partial charge in [0, 0.05) is 18.7 Å². The smallest absolute Gasteiger partial charge is 0.274 e. The Morgan fingerprint density at radius 1 is 0.938 bits per heavy atom. The van der Waals surface area contributed by atoms with Crippen LogP contribution in [-0.4, -0.2) is 36.9 Å². The van der Waals surface area contributed by atoms with Gasteiger partial charge in [-0.3, -0.25) is 10.0 Å². The molecule has 32 heavy (non-hydrogen) atoms. The number of hydroxylamine groups is 1. The quantitative estimate of drug-likeness (QED) is 0.463. The van der Waals surface area contributed by atoms with Crippen molar-refractivity contribution in [1.29, 1.82) is 0 Å². The summed E-state index contributed by atoms with van der Waals surface area (Å²) in [5, 5.41) is 8.80. The van der Waals surface area contributed by atoms with Gasteiger partial charge in [-0.2, -0.15) is 4.31 Å². The molecular weight excluding hydrogens is 438 g/mol. The summed E-state index contributed by atoms with van der Waals surface area (Å²) in [5.41, 5.74) is 3.64. The molecule has 6 nitrogen and oxygen atoms in total. The van der Waals surface area contributed by atoms with E-state index < -0.39 is 21.7 Å². The van der Waals surface area contributed by atoms with Crippen LogP contribution in [-0.2, 0) is 22.9 Å². The molecule has 3 aromatic carbocycles. The maximum absolute atomic E-state index is 14.6. The summed E-state index contributed by atoms with van der Waals surface area (Å²) >= 11 is 0. The molecule has 9 heteroatoms. The standard InChI is InChI=1S/C23H20F2N2O4S/c24-19-6-4-15(5-7-19)16-2-1-3-20(13-16)32(30,31)27-10-8-17-12-18(23(28)26-29)14-22(25)21(17)9-11-27/h1-7,12-14,29H,8-11H2,(H,26,28). The van der Waals surface area contributed by atoms with Gasteiger partial charge in [-0.05, 0) is 71.5 Å². The number of halogens is 2. The zero-order valence-electron chi connectivity index (χ0n) is 16.9. The first-order valence-corrected chi connectivity index (χ1v) is 11.4. The minimum absolute atomic E-state index is 0.0351. The molecule has 166 valence electrons. The van der Waals surface area contributed by atoms with Crippen molar-refractivity contribution >= 4 is 15.9 Å². The number of hydrogen-bond donors (Lipinski definition) is 2. The molecule has 1 aliphatic heterocycles. The van der Waals surface area contributed by atoms with Gasteiger partial charge >= 0.3 is 0 Å². The minimum Gasteiger partial charge on any atom is -0.288 e. The lowest BCUT2D eigenvalue weighted by Gasteiger charge is -2.20. The lowest BCUT2D eigenvalue weighted by atomic mass is 9.99. The average Bonchev–Trinajstić information content (AvgIpc) is 3.02. The summed E-state index contributed by atoms with van der Waals surface area (Å²) in [6.07, 6.45) is 0.370. The highest BCUT2D eigenvalue weighted by Crippen LogP contribution is 2.27. The van der Waals surface area contributed by atoms with Gasteiger partial charge in [-0.15, -0.1) is 0 Å². The highest BCUT2D eigenvalue weighted by Gasteiger charge is 2.28. The number of nitrogens with one attached hydrogen (secondary N) is 1. The molecule has 0 radical (unpaired) electrons. The van der Waals surface area contributed by atoms with Crippen molar-refractivity contribution < 1.29 is 27.2 Å². The summed E-state index contributed by atoms with van der Waals surface area (Å²) < 4.78 is 55.7. The molecule has 1 amide bonds. The molecule has 0 spiro atoms. The third-order valence-corrected chi connectivity index (χ3v) is 7.44. The number of nitrogens with zero attached hydrogens (tertiary/aromatic N) is 1. The number of fused-ring (bicyclic) bond motifs is 1. The van der Waals surface area contributed by atoms with E-state index in [0.29, 0.717) is 22.3 Å². The van der Waals surface area contributed by atoms with Crippen LogP contribution in [0.2, 0.25) is 0 Å². The first kappa shape index (κ1) is 22.1. The van der Waals surface area contributed by atoms with Gasteiger partial charge < -0.3 is 0 Å². The summed E-state index contributed by atoms with van der Waals surface area (Å²) in [6.45, 7) is 0.193. The molecule has 3 aromatic rings. The van der Waals surface area contributed by atoms with Crippen LogP contribution in [0.3, 0.4) is 0 Å². The fourth-order valence-electron chi connectivity index (χ4n) is 3.85. The molecule has 1 heterocycles. The molecule has 0 unspecified atom stereocenters. The lowest BCUT2D eigenvalue weighted by Crippen LogP contribution is -2.33. The summed E-state index contributed by atoms with van der Waals surface area (Å²) in [4.78, 5) is 11.7. The van der Waals surface area contributed by atoms with Crippen molar-refractivity contribution in [2.75, 3.05) is 13.1 Å². The zero-order valence-corrected chi connectivity index (χ0v) is 17.7. The largest absolute Gasteiger partial charge is 0.288 e.